The summed E-state index contributed by atoms with van der Waals surface area (Å²) in [4.78, 5) is 18.5. The largest absolute Gasteiger partial charge is 0.359 e. The first-order valence-electron chi connectivity index (χ1n) is 4.96. The molecule has 0 aliphatic rings. The van der Waals surface area contributed by atoms with Gasteiger partial charge in [0.25, 0.3) is 5.56 Å². The zero-order valence-corrected chi connectivity index (χ0v) is 8.98. The van der Waals surface area contributed by atoms with Gasteiger partial charge in [0.1, 0.15) is 0 Å². The van der Waals surface area contributed by atoms with Gasteiger partial charge in [0.15, 0.2) is 0 Å². The van der Waals surface area contributed by atoms with Crippen LogP contribution >= 0.6 is 0 Å². The Morgan fingerprint density at radius 1 is 1.50 bits per heavy atom. The maximum absolute atomic E-state index is 11.6. The van der Waals surface area contributed by atoms with E-state index >= 15 is 0 Å². The third-order valence-corrected chi connectivity index (χ3v) is 2.24. The molecule has 1 aromatic heterocycles. The number of hydrogen-bond donors (Lipinski definition) is 2. The van der Waals surface area contributed by atoms with Gasteiger partial charge in [-0.15, -0.1) is 0 Å². The van der Waals surface area contributed by atoms with E-state index in [1.807, 2.05) is 6.92 Å². The van der Waals surface area contributed by atoms with Crippen LogP contribution in [-0.2, 0) is 6.42 Å². The molecule has 2 N–H and O–H groups in total. The number of unbranched alkanes of at least 4 members (excludes halogenated alkanes) is 1. The Kier molecular flexibility index (Phi) is 3.68. The van der Waals surface area contributed by atoms with Crippen molar-refractivity contribution in [1.82, 2.24) is 9.97 Å². The predicted molar refractivity (Wildman–Crippen MR) is 57.8 cm³/mol. The molecule has 0 radical (unpaired) electrons. The minimum absolute atomic E-state index is 0.0182. The molecule has 0 unspecified atom stereocenters. The van der Waals surface area contributed by atoms with Crippen LogP contribution in [0.25, 0.3) is 0 Å². The third-order valence-electron chi connectivity index (χ3n) is 2.24. The van der Waals surface area contributed by atoms with Gasteiger partial charge >= 0.3 is 0 Å². The average molecular weight is 195 g/mol. The van der Waals surface area contributed by atoms with Gasteiger partial charge in [-0.2, -0.15) is 0 Å². The van der Waals surface area contributed by atoms with Gasteiger partial charge < -0.3 is 5.32 Å². The molecule has 78 valence electrons. The predicted octanol–water partition coefficient (Wildman–Crippen LogP) is 1.46. The number of H-pyrrole nitrogens is 1. The topological polar surface area (TPSA) is 57.8 Å². The second kappa shape index (κ2) is 4.79. The first-order chi connectivity index (χ1) is 6.69. The summed E-state index contributed by atoms with van der Waals surface area (Å²) in [6.07, 6.45) is 2.94. The number of anilines is 1. The molecule has 0 atom stereocenters. The molecule has 4 heteroatoms. The SMILES string of the molecule is CCCCc1c(C)nc(NC)[nH]c1=O. The van der Waals surface area contributed by atoms with Crippen LogP contribution in [0.2, 0.25) is 0 Å². The molecule has 4 nitrogen and oxygen atoms in total. The summed E-state index contributed by atoms with van der Waals surface area (Å²) in [6.45, 7) is 3.99. The van der Waals surface area contributed by atoms with E-state index in [0.29, 0.717) is 5.95 Å². The fraction of sp³-hybridized carbons (Fsp3) is 0.600. The van der Waals surface area contributed by atoms with Crippen molar-refractivity contribution in [3.8, 4) is 0 Å². The van der Waals surface area contributed by atoms with Crippen molar-refractivity contribution in [3.05, 3.63) is 21.6 Å². The average Bonchev–Trinajstić information content (AvgIpc) is 2.16. The van der Waals surface area contributed by atoms with E-state index in [0.717, 1.165) is 30.5 Å². The quantitative estimate of drug-likeness (QED) is 0.764. The Bertz CT molecular complexity index is 357. The van der Waals surface area contributed by atoms with Crippen molar-refractivity contribution in [2.75, 3.05) is 12.4 Å². The first-order valence-corrected chi connectivity index (χ1v) is 4.96. The number of aromatic nitrogens is 2. The summed E-state index contributed by atoms with van der Waals surface area (Å²) in [5.41, 5.74) is 1.62. The Labute approximate surface area is 83.8 Å². The highest BCUT2D eigenvalue weighted by Gasteiger charge is 2.06. The normalized spacial score (nSPS) is 10.2. The molecule has 0 saturated carbocycles. The number of nitrogens with one attached hydrogen (secondary N) is 2. The second-order valence-corrected chi connectivity index (χ2v) is 3.33. The monoisotopic (exact) mass is 195 g/mol. The maximum atomic E-state index is 11.6. The lowest BCUT2D eigenvalue weighted by molar-refractivity contribution is 0.774. The molecule has 0 saturated heterocycles. The lowest BCUT2D eigenvalue weighted by Gasteiger charge is -2.05. The summed E-state index contributed by atoms with van der Waals surface area (Å²) in [5.74, 6) is 0.535. The molecule has 1 rings (SSSR count). The Morgan fingerprint density at radius 2 is 2.21 bits per heavy atom. The van der Waals surface area contributed by atoms with Crippen LogP contribution in [0.15, 0.2) is 4.79 Å². The van der Waals surface area contributed by atoms with Gasteiger partial charge in [0, 0.05) is 18.3 Å². The first kappa shape index (κ1) is 10.8. The minimum atomic E-state index is -0.0182. The fourth-order valence-electron chi connectivity index (χ4n) is 1.38. The van der Waals surface area contributed by atoms with Crippen LogP contribution in [0.5, 0.6) is 0 Å². The summed E-state index contributed by atoms with van der Waals surface area (Å²) >= 11 is 0. The molecule has 1 aromatic rings. The van der Waals surface area contributed by atoms with Gasteiger partial charge in [-0.3, -0.25) is 9.78 Å². The van der Waals surface area contributed by atoms with E-state index < -0.39 is 0 Å². The molecule has 1 heterocycles. The van der Waals surface area contributed by atoms with Crippen LogP contribution in [0.3, 0.4) is 0 Å². The van der Waals surface area contributed by atoms with Crippen molar-refractivity contribution in [3.63, 3.8) is 0 Å². The van der Waals surface area contributed by atoms with Crippen molar-refractivity contribution in [2.45, 2.75) is 33.1 Å². The van der Waals surface area contributed by atoms with Crippen LogP contribution < -0.4 is 10.9 Å². The number of rotatable bonds is 4. The van der Waals surface area contributed by atoms with E-state index in [1.165, 1.54) is 0 Å². The highest BCUT2D eigenvalue weighted by molar-refractivity contribution is 5.28. The molecule has 0 aliphatic heterocycles. The molecule has 0 fully saturated rings. The molecule has 14 heavy (non-hydrogen) atoms. The molecule has 0 amide bonds. The van der Waals surface area contributed by atoms with Crippen molar-refractivity contribution < 1.29 is 0 Å². The van der Waals surface area contributed by atoms with Gasteiger partial charge in [0.2, 0.25) is 5.95 Å². The lowest BCUT2D eigenvalue weighted by atomic mass is 10.1. The lowest BCUT2D eigenvalue weighted by Crippen LogP contribution is -2.18. The zero-order valence-electron chi connectivity index (χ0n) is 8.98. The van der Waals surface area contributed by atoms with Crippen molar-refractivity contribution in [1.29, 1.82) is 0 Å². The Hall–Kier alpha value is -1.32. The molecular weight excluding hydrogens is 178 g/mol. The van der Waals surface area contributed by atoms with Gasteiger partial charge in [0.05, 0.1) is 0 Å². The summed E-state index contributed by atoms with van der Waals surface area (Å²) in [5, 5.41) is 2.83. The summed E-state index contributed by atoms with van der Waals surface area (Å²) < 4.78 is 0. The van der Waals surface area contributed by atoms with E-state index in [-0.39, 0.29) is 5.56 Å². The van der Waals surface area contributed by atoms with E-state index in [1.54, 1.807) is 7.05 Å². The Balaban J connectivity index is 3.00. The fourth-order valence-corrected chi connectivity index (χ4v) is 1.38. The van der Waals surface area contributed by atoms with Gasteiger partial charge in [-0.05, 0) is 19.8 Å². The second-order valence-electron chi connectivity index (χ2n) is 3.33. The molecule has 0 aliphatic carbocycles. The smallest absolute Gasteiger partial charge is 0.255 e. The number of nitrogens with zero attached hydrogens (tertiary/aromatic N) is 1. The van der Waals surface area contributed by atoms with Crippen LogP contribution in [-0.4, -0.2) is 17.0 Å². The summed E-state index contributed by atoms with van der Waals surface area (Å²) in [7, 11) is 1.74. The van der Waals surface area contributed by atoms with Gasteiger partial charge in [-0.1, -0.05) is 13.3 Å². The molecule has 0 aromatic carbocycles. The third kappa shape index (κ3) is 2.34. The van der Waals surface area contributed by atoms with Crippen molar-refractivity contribution in [2.24, 2.45) is 0 Å². The van der Waals surface area contributed by atoms with Crippen molar-refractivity contribution >= 4 is 5.95 Å². The number of hydrogen-bond acceptors (Lipinski definition) is 3. The maximum Gasteiger partial charge on any atom is 0.255 e. The highest BCUT2D eigenvalue weighted by atomic mass is 16.1. The van der Waals surface area contributed by atoms with Crippen LogP contribution in [0, 0.1) is 6.92 Å². The van der Waals surface area contributed by atoms with E-state index in [2.05, 4.69) is 22.2 Å². The van der Waals surface area contributed by atoms with E-state index in [9.17, 15) is 4.79 Å². The van der Waals surface area contributed by atoms with Crippen LogP contribution in [0.1, 0.15) is 31.0 Å². The number of aromatic amines is 1. The molecule has 0 bridgehead atoms. The molecular formula is C10H17N3O. The molecule has 0 spiro atoms. The van der Waals surface area contributed by atoms with E-state index in [4.69, 9.17) is 0 Å². The highest BCUT2D eigenvalue weighted by Crippen LogP contribution is 2.05. The zero-order chi connectivity index (χ0) is 10.6. The minimum Gasteiger partial charge on any atom is -0.359 e. The Morgan fingerprint density at radius 3 is 2.71 bits per heavy atom. The summed E-state index contributed by atoms with van der Waals surface area (Å²) in [6, 6.07) is 0. The standard InChI is InChI=1S/C10H17N3O/c1-4-5-6-8-7(2)12-10(11-3)13-9(8)14/h4-6H2,1-3H3,(H2,11,12,13,14). The van der Waals surface area contributed by atoms with Gasteiger partial charge in [-0.25, -0.2) is 4.98 Å². The van der Waals surface area contributed by atoms with Crippen LogP contribution in [0.4, 0.5) is 5.95 Å². The number of aryl methyl sites for hydroxylation is 1.